The van der Waals surface area contributed by atoms with Gasteiger partial charge in [-0.05, 0) is 93.0 Å². The first kappa shape index (κ1) is 35.8. The molecule has 1 aliphatic rings. The smallest absolute Gasteiger partial charge is 0.0930 e. The molecule has 0 spiro atoms. The van der Waals surface area contributed by atoms with Crippen LogP contribution in [0.5, 0.6) is 0 Å². The summed E-state index contributed by atoms with van der Waals surface area (Å²) in [6.45, 7) is 4.69. The molecule has 1 aliphatic carbocycles. The van der Waals surface area contributed by atoms with Crippen molar-refractivity contribution in [3.05, 3.63) is 222 Å². The summed E-state index contributed by atoms with van der Waals surface area (Å²) in [6, 6.07) is 68.3. The Labute approximate surface area is 345 Å². The van der Waals surface area contributed by atoms with Gasteiger partial charge in [-0.1, -0.05) is 166 Å². The number of anilines is 1. The summed E-state index contributed by atoms with van der Waals surface area (Å²) in [6.07, 6.45) is 3.54. The molecule has 0 unspecified atom stereocenters. The van der Waals surface area contributed by atoms with Gasteiger partial charge in [0.15, 0.2) is 0 Å². The minimum atomic E-state index is -0.0739. The van der Waals surface area contributed by atoms with E-state index < -0.39 is 0 Å². The van der Waals surface area contributed by atoms with Crippen LogP contribution in [0.1, 0.15) is 36.1 Å². The second kappa shape index (κ2) is 14.7. The van der Waals surface area contributed by atoms with Crippen molar-refractivity contribution in [2.45, 2.75) is 19.3 Å². The van der Waals surface area contributed by atoms with Gasteiger partial charge in [-0.3, -0.25) is 0 Å². The van der Waals surface area contributed by atoms with Gasteiger partial charge in [-0.15, -0.1) is 0 Å². The Balaban J connectivity index is 0.981. The maximum atomic E-state index is 8.76. The first-order valence-corrected chi connectivity index (χ1v) is 20.1. The zero-order chi connectivity index (χ0) is 39.9. The quantitative estimate of drug-likeness (QED) is 0.112. The average molecular weight is 759 g/mol. The molecule has 282 valence electrons. The lowest BCUT2D eigenvalue weighted by molar-refractivity contribution is 0.660. The molecule has 0 saturated carbocycles. The Morgan fingerprint density at radius 1 is 0.525 bits per heavy atom. The molecule has 0 fully saturated rings. The third-order valence-corrected chi connectivity index (χ3v) is 11.8. The first-order chi connectivity index (χ1) is 28.9. The van der Waals surface area contributed by atoms with E-state index in [1.165, 1.54) is 55.3 Å². The lowest BCUT2D eigenvalue weighted by Gasteiger charge is -2.22. The van der Waals surface area contributed by atoms with Crippen molar-refractivity contribution in [2.75, 3.05) is 5.32 Å². The summed E-state index contributed by atoms with van der Waals surface area (Å²) >= 11 is 0. The second-order valence-corrected chi connectivity index (χ2v) is 15.7. The molecule has 1 heterocycles. The van der Waals surface area contributed by atoms with E-state index in [9.17, 15) is 0 Å². The van der Waals surface area contributed by atoms with E-state index in [4.69, 9.17) is 10.4 Å². The number of nitrogens with zero attached hydrogens (tertiary/aromatic N) is 2. The van der Waals surface area contributed by atoms with E-state index >= 15 is 0 Å². The number of benzene rings is 8. The highest BCUT2D eigenvalue weighted by Gasteiger charge is 2.35. The van der Waals surface area contributed by atoms with Gasteiger partial charge >= 0.3 is 0 Å². The van der Waals surface area contributed by atoms with E-state index in [1.54, 1.807) is 6.34 Å². The SMILES string of the molecule is CC1(C)c2ccccc2-c2ccc(-n3c4ccccc4c4cc(-c5cccc(-c6ccccc6NC=N/C(=C\C(=N)c6ccccc6)c6ccccc6)c5)ccc43)cc21. The van der Waals surface area contributed by atoms with E-state index in [0.29, 0.717) is 11.4 Å². The lowest BCUT2D eigenvalue weighted by atomic mass is 9.82. The molecule has 0 aliphatic heterocycles. The van der Waals surface area contributed by atoms with Crippen LogP contribution in [0.2, 0.25) is 0 Å². The molecule has 0 atom stereocenters. The molecule has 0 radical (unpaired) electrons. The summed E-state index contributed by atoms with van der Waals surface area (Å²) in [7, 11) is 0. The largest absolute Gasteiger partial charge is 0.346 e. The highest BCUT2D eigenvalue weighted by atomic mass is 15.0. The predicted molar refractivity (Wildman–Crippen MR) is 249 cm³/mol. The Morgan fingerprint density at radius 3 is 2.00 bits per heavy atom. The number of rotatable bonds is 9. The normalized spacial score (nSPS) is 13.2. The molecule has 10 rings (SSSR count). The van der Waals surface area contributed by atoms with Gasteiger partial charge in [0.25, 0.3) is 0 Å². The molecule has 0 saturated heterocycles. The Morgan fingerprint density at radius 2 is 1.17 bits per heavy atom. The van der Waals surface area contributed by atoms with Crippen LogP contribution in [0.25, 0.3) is 66.6 Å². The van der Waals surface area contributed by atoms with Crippen molar-refractivity contribution in [3.8, 4) is 39.1 Å². The number of aliphatic imine (C=N–C) groups is 1. The number of allylic oxidation sites excluding steroid dienone is 1. The summed E-state index contributed by atoms with van der Waals surface area (Å²) in [5.74, 6) is 0. The monoisotopic (exact) mass is 758 g/mol. The zero-order valence-corrected chi connectivity index (χ0v) is 33.0. The molecular formula is C55H42N4. The van der Waals surface area contributed by atoms with Crippen molar-refractivity contribution < 1.29 is 0 Å². The van der Waals surface area contributed by atoms with E-state index in [-0.39, 0.29) is 5.41 Å². The van der Waals surface area contributed by atoms with E-state index in [2.05, 4.69) is 151 Å². The number of fused-ring (bicyclic) bond motifs is 6. The maximum absolute atomic E-state index is 8.76. The molecule has 9 aromatic rings. The molecule has 8 aromatic carbocycles. The van der Waals surface area contributed by atoms with Crippen LogP contribution >= 0.6 is 0 Å². The average Bonchev–Trinajstić information content (AvgIpc) is 3.74. The Hall–Kier alpha value is -7.56. The lowest BCUT2D eigenvalue weighted by Crippen LogP contribution is -2.15. The minimum absolute atomic E-state index is 0.0739. The first-order valence-electron chi connectivity index (χ1n) is 20.1. The summed E-state index contributed by atoms with van der Waals surface area (Å²) in [4.78, 5) is 4.85. The molecule has 0 bridgehead atoms. The highest BCUT2D eigenvalue weighted by Crippen LogP contribution is 2.49. The Kier molecular flexibility index (Phi) is 8.95. The fraction of sp³-hybridized carbons (Fsp3) is 0.0545. The van der Waals surface area contributed by atoms with Crippen molar-refractivity contribution in [1.29, 1.82) is 5.41 Å². The van der Waals surface area contributed by atoms with Gasteiger partial charge < -0.3 is 15.3 Å². The van der Waals surface area contributed by atoms with Gasteiger partial charge in [0.05, 0.1) is 28.8 Å². The van der Waals surface area contributed by atoms with Gasteiger partial charge in [0.2, 0.25) is 0 Å². The van der Waals surface area contributed by atoms with Crippen LogP contribution in [0, 0.1) is 5.41 Å². The second-order valence-electron chi connectivity index (χ2n) is 15.7. The number of hydrogen-bond acceptors (Lipinski definition) is 2. The van der Waals surface area contributed by atoms with Gasteiger partial charge in [-0.25, -0.2) is 4.99 Å². The molecule has 4 heteroatoms. The number of nitrogens with one attached hydrogen (secondary N) is 2. The van der Waals surface area contributed by atoms with Crippen LogP contribution in [0.4, 0.5) is 5.69 Å². The molecular weight excluding hydrogens is 717 g/mol. The van der Waals surface area contributed by atoms with Crippen LogP contribution in [-0.4, -0.2) is 16.6 Å². The summed E-state index contributed by atoms with van der Waals surface area (Å²) in [5.41, 5.74) is 17.2. The zero-order valence-electron chi connectivity index (χ0n) is 33.0. The molecule has 1 aromatic heterocycles. The summed E-state index contributed by atoms with van der Waals surface area (Å²) in [5, 5.41) is 14.7. The number of aromatic nitrogens is 1. The van der Waals surface area contributed by atoms with E-state index in [1.807, 2.05) is 72.8 Å². The molecule has 2 N–H and O–H groups in total. The number of para-hydroxylation sites is 2. The van der Waals surface area contributed by atoms with Crippen LogP contribution in [0.3, 0.4) is 0 Å². The van der Waals surface area contributed by atoms with Crippen LogP contribution in [-0.2, 0) is 5.41 Å². The fourth-order valence-corrected chi connectivity index (χ4v) is 8.80. The van der Waals surface area contributed by atoms with Crippen molar-refractivity contribution >= 4 is 45.2 Å². The van der Waals surface area contributed by atoms with Crippen molar-refractivity contribution in [2.24, 2.45) is 4.99 Å². The third kappa shape index (κ3) is 6.45. The predicted octanol–water partition coefficient (Wildman–Crippen LogP) is 14.0. The molecule has 0 amide bonds. The highest BCUT2D eigenvalue weighted by molar-refractivity contribution is 6.11. The maximum Gasteiger partial charge on any atom is 0.0930 e. The fourth-order valence-electron chi connectivity index (χ4n) is 8.80. The standard InChI is InChI=1S/C55H42N4/c1-55(2)48-25-12-9-23-44(48)45-30-29-42(34-49(45)55)59-53-27-14-11-24-46(53)47-33-40(28-31-54(47)59)39-20-15-21-41(32-39)43-22-10-13-26-51(43)57-36-58-52(38-18-7-4-8-19-38)35-50(56)37-16-5-3-6-17-37/h3-36,56H,1-2H3,(H,57,58)/b52-35-,56-50?. The number of hydrogen-bond donors (Lipinski definition) is 2. The van der Waals surface area contributed by atoms with Crippen molar-refractivity contribution in [3.63, 3.8) is 0 Å². The summed E-state index contributed by atoms with van der Waals surface area (Å²) < 4.78 is 2.43. The Bertz CT molecular complexity index is 3110. The molecule has 59 heavy (non-hydrogen) atoms. The third-order valence-electron chi connectivity index (χ3n) is 11.8. The van der Waals surface area contributed by atoms with Crippen molar-refractivity contribution in [1.82, 2.24) is 4.57 Å². The molecule has 4 nitrogen and oxygen atoms in total. The van der Waals surface area contributed by atoms with Gasteiger partial charge in [0, 0.05) is 38.7 Å². The van der Waals surface area contributed by atoms with E-state index in [0.717, 1.165) is 33.5 Å². The topological polar surface area (TPSA) is 53.2 Å². The minimum Gasteiger partial charge on any atom is -0.346 e. The van der Waals surface area contributed by atoms with Crippen LogP contribution in [0.15, 0.2) is 205 Å². The van der Waals surface area contributed by atoms with Gasteiger partial charge in [0.1, 0.15) is 0 Å². The van der Waals surface area contributed by atoms with Gasteiger partial charge in [-0.2, -0.15) is 0 Å². The van der Waals surface area contributed by atoms with Crippen LogP contribution < -0.4 is 5.32 Å².